The third kappa shape index (κ3) is 2.52. The molecule has 0 bridgehead atoms. The SMILES string of the molecule is Nc1c(-c2n[nH]c(=S)o2)cnn1-c1ccc(S(N)(=O)=O)cc1. The first-order valence-corrected chi connectivity index (χ1v) is 7.84. The molecule has 1 aromatic carbocycles. The summed E-state index contributed by atoms with van der Waals surface area (Å²) >= 11 is 4.80. The minimum absolute atomic E-state index is 0.000232. The summed E-state index contributed by atoms with van der Waals surface area (Å²) in [6.07, 6.45) is 1.47. The number of primary sulfonamides is 1. The summed E-state index contributed by atoms with van der Waals surface area (Å²) in [4.78, 5) is 0.125. The summed E-state index contributed by atoms with van der Waals surface area (Å²) in [5.74, 6) is 0.489. The lowest BCUT2D eigenvalue weighted by molar-refractivity contribution is 0.552. The first-order chi connectivity index (χ1) is 10.4. The maximum Gasteiger partial charge on any atom is 0.284 e. The number of nitrogens with two attached hydrogens (primary N) is 2. The smallest absolute Gasteiger partial charge is 0.284 e. The van der Waals surface area contributed by atoms with Gasteiger partial charge in [-0.1, -0.05) is 0 Å². The molecule has 0 aliphatic carbocycles. The van der Waals surface area contributed by atoms with Gasteiger partial charge in [-0.25, -0.2) is 23.3 Å². The summed E-state index contributed by atoms with van der Waals surface area (Å²) in [5.41, 5.74) is 7.03. The van der Waals surface area contributed by atoms with E-state index in [2.05, 4.69) is 15.3 Å². The number of hydrogen-bond acceptors (Lipinski definition) is 7. The number of H-pyrrole nitrogens is 1. The number of hydrogen-bond donors (Lipinski definition) is 3. The Morgan fingerprint density at radius 2 is 1.95 bits per heavy atom. The molecule has 0 atom stereocenters. The Bertz CT molecular complexity index is 984. The van der Waals surface area contributed by atoms with Gasteiger partial charge < -0.3 is 10.2 Å². The van der Waals surface area contributed by atoms with Crippen molar-refractivity contribution in [3.8, 4) is 17.1 Å². The van der Waals surface area contributed by atoms with Crippen LogP contribution in [0.5, 0.6) is 0 Å². The number of nitrogen functional groups attached to an aromatic ring is 1. The van der Waals surface area contributed by atoms with Gasteiger partial charge in [-0.05, 0) is 36.5 Å². The molecule has 3 aromatic rings. The molecule has 2 heterocycles. The van der Waals surface area contributed by atoms with E-state index in [4.69, 9.17) is 27.5 Å². The Morgan fingerprint density at radius 1 is 1.27 bits per heavy atom. The molecular formula is C11H10N6O3S2. The first-order valence-electron chi connectivity index (χ1n) is 5.89. The average Bonchev–Trinajstić information content (AvgIpc) is 3.04. The van der Waals surface area contributed by atoms with Crippen molar-refractivity contribution in [2.24, 2.45) is 5.14 Å². The molecule has 0 radical (unpaired) electrons. The van der Waals surface area contributed by atoms with Gasteiger partial charge in [0.15, 0.2) is 0 Å². The zero-order valence-electron chi connectivity index (χ0n) is 10.9. The zero-order valence-corrected chi connectivity index (χ0v) is 12.6. The van der Waals surface area contributed by atoms with Crippen LogP contribution < -0.4 is 10.9 Å². The van der Waals surface area contributed by atoms with E-state index in [1.54, 1.807) is 0 Å². The van der Waals surface area contributed by atoms with E-state index in [0.29, 0.717) is 11.3 Å². The molecular weight excluding hydrogens is 328 g/mol. The quantitative estimate of drug-likeness (QED) is 0.599. The minimum Gasteiger partial charge on any atom is -0.409 e. The second-order valence-corrected chi connectivity index (χ2v) is 6.24. The Morgan fingerprint density at radius 3 is 2.50 bits per heavy atom. The summed E-state index contributed by atoms with van der Waals surface area (Å²) in [6.45, 7) is 0. The molecule has 2 aromatic heterocycles. The Balaban J connectivity index is 2.03. The molecule has 114 valence electrons. The van der Waals surface area contributed by atoms with Crippen LogP contribution in [0.2, 0.25) is 0 Å². The number of sulfonamides is 1. The zero-order chi connectivity index (χ0) is 15.9. The van der Waals surface area contributed by atoms with Gasteiger partial charge in [0.2, 0.25) is 10.0 Å². The third-order valence-corrected chi connectivity index (χ3v) is 3.99. The van der Waals surface area contributed by atoms with Crippen LogP contribution in [-0.2, 0) is 10.0 Å². The maximum absolute atomic E-state index is 11.2. The van der Waals surface area contributed by atoms with Gasteiger partial charge in [-0.3, -0.25) is 0 Å². The highest BCUT2D eigenvalue weighted by Gasteiger charge is 2.15. The fourth-order valence-corrected chi connectivity index (χ4v) is 2.49. The number of aromatic amines is 1. The van der Waals surface area contributed by atoms with Crippen LogP contribution >= 0.6 is 12.2 Å². The van der Waals surface area contributed by atoms with E-state index in [1.165, 1.54) is 35.1 Å². The Kier molecular flexibility index (Phi) is 3.31. The Labute approximate surface area is 129 Å². The normalized spacial score (nSPS) is 11.7. The van der Waals surface area contributed by atoms with Crippen molar-refractivity contribution < 1.29 is 12.8 Å². The van der Waals surface area contributed by atoms with Crippen molar-refractivity contribution in [2.75, 3.05) is 5.73 Å². The van der Waals surface area contributed by atoms with E-state index < -0.39 is 10.0 Å². The number of rotatable bonds is 3. The van der Waals surface area contributed by atoms with Crippen LogP contribution in [0.1, 0.15) is 0 Å². The van der Waals surface area contributed by atoms with Gasteiger partial charge in [0.1, 0.15) is 11.4 Å². The van der Waals surface area contributed by atoms with Gasteiger partial charge in [0.05, 0.1) is 16.8 Å². The first kappa shape index (κ1) is 14.4. The number of nitrogens with one attached hydrogen (secondary N) is 1. The molecule has 3 rings (SSSR count). The molecule has 5 N–H and O–H groups in total. The van der Waals surface area contributed by atoms with Crippen molar-refractivity contribution >= 4 is 28.1 Å². The summed E-state index contributed by atoms with van der Waals surface area (Å²) in [5, 5.41) is 15.5. The van der Waals surface area contributed by atoms with Crippen molar-refractivity contribution in [1.29, 1.82) is 0 Å². The molecule has 11 heteroatoms. The number of anilines is 1. The second-order valence-electron chi connectivity index (χ2n) is 4.31. The fraction of sp³-hybridized carbons (Fsp3) is 0. The topological polar surface area (TPSA) is 146 Å². The van der Waals surface area contributed by atoms with E-state index in [9.17, 15) is 8.42 Å². The van der Waals surface area contributed by atoms with Crippen LogP contribution in [0.3, 0.4) is 0 Å². The molecule has 22 heavy (non-hydrogen) atoms. The van der Waals surface area contributed by atoms with Gasteiger partial charge in [0, 0.05) is 0 Å². The van der Waals surface area contributed by atoms with Crippen molar-refractivity contribution in [3.05, 3.63) is 35.3 Å². The molecule has 0 aliphatic heterocycles. The molecule has 0 saturated heterocycles. The Hall–Kier alpha value is -2.50. The minimum atomic E-state index is -3.75. The molecule has 9 nitrogen and oxygen atoms in total. The highest BCUT2D eigenvalue weighted by molar-refractivity contribution is 7.89. The number of aromatic nitrogens is 4. The van der Waals surface area contributed by atoms with Crippen LogP contribution in [0, 0.1) is 4.84 Å². The average molecular weight is 338 g/mol. The van der Waals surface area contributed by atoms with E-state index in [1.807, 2.05) is 0 Å². The van der Waals surface area contributed by atoms with E-state index in [-0.39, 0.29) is 21.4 Å². The van der Waals surface area contributed by atoms with E-state index in [0.717, 1.165) is 0 Å². The molecule has 0 amide bonds. The highest BCUT2D eigenvalue weighted by atomic mass is 32.2. The lowest BCUT2D eigenvalue weighted by Gasteiger charge is -2.05. The summed E-state index contributed by atoms with van der Waals surface area (Å²) in [7, 11) is -3.75. The molecule has 0 fully saturated rings. The van der Waals surface area contributed by atoms with Gasteiger partial charge >= 0.3 is 0 Å². The van der Waals surface area contributed by atoms with Crippen molar-refractivity contribution in [3.63, 3.8) is 0 Å². The molecule has 0 aliphatic rings. The summed E-state index contributed by atoms with van der Waals surface area (Å²) in [6, 6.07) is 5.80. The predicted octanol–water partition coefficient (Wildman–Crippen LogP) is 0.814. The van der Waals surface area contributed by atoms with Gasteiger partial charge in [-0.15, -0.1) is 5.10 Å². The van der Waals surface area contributed by atoms with Crippen LogP contribution in [-0.4, -0.2) is 28.4 Å². The maximum atomic E-state index is 11.2. The number of nitrogens with zero attached hydrogens (tertiary/aromatic N) is 3. The van der Waals surface area contributed by atoms with Crippen LogP contribution in [0.15, 0.2) is 39.8 Å². The highest BCUT2D eigenvalue weighted by Crippen LogP contribution is 2.26. The van der Waals surface area contributed by atoms with Crippen LogP contribution in [0.25, 0.3) is 17.1 Å². The van der Waals surface area contributed by atoms with Crippen LogP contribution in [0.4, 0.5) is 5.82 Å². The predicted molar refractivity (Wildman–Crippen MR) is 80.0 cm³/mol. The largest absolute Gasteiger partial charge is 0.409 e. The van der Waals surface area contributed by atoms with Crippen molar-refractivity contribution in [1.82, 2.24) is 20.0 Å². The number of benzene rings is 1. The molecule has 0 unspecified atom stereocenters. The molecule has 0 saturated carbocycles. The second kappa shape index (κ2) is 5.05. The third-order valence-electron chi connectivity index (χ3n) is 2.88. The lowest BCUT2D eigenvalue weighted by Crippen LogP contribution is -2.12. The van der Waals surface area contributed by atoms with Gasteiger partial charge in [0.25, 0.3) is 10.7 Å². The standard InChI is InChI=1S/C11H10N6O3S2/c12-9-8(10-15-16-11(21)20-10)5-14-17(9)6-1-3-7(4-2-6)22(13,18)19/h1-5H,12H2,(H,16,21)(H2,13,18,19). The fourth-order valence-electron chi connectivity index (χ4n) is 1.85. The van der Waals surface area contributed by atoms with Crippen molar-refractivity contribution in [2.45, 2.75) is 4.90 Å². The van der Waals surface area contributed by atoms with Gasteiger partial charge in [-0.2, -0.15) is 5.10 Å². The summed E-state index contributed by atoms with van der Waals surface area (Å²) < 4.78 is 29.1. The lowest BCUT2D eigenvalue weighted by atomic mass is 10.3. The monoisotopic (exact) mass is 338 g/mol. The molecule has 0 spiro atoms. The van der Waals surface area contributed by atoms with E-state index >= 15 is 0 Å².